The second-order valence-electron chi connectivity index (χ2n) is 10.5. The Morgan fingerprint density at radius 1 is 1.05 bits per heavy atom. The van der Waals surface area contributed by atoms with Crippen molar-refractivity contribution in [1.82, 2.24) is 4.90 Å². The topological polar surface area (TPSA) is 188 Å². The van der Waals surface area contributed by atoms with Crippen LogP contribution in [0.2, 0.25) is 0 Å². The minimum atomic E-state index is -2.69. The number of nitrogens with two attached hydrogens (primary N) is 1. The number of amides is 1. The van der Waals surface area contributed by atoms with Gasteiger partial charge in [0.25, 0.3) is 5.91 Å². The van der Waals surface area contributed by atoms with E-state index in [9.17, 15) is 39.6 Å². The highest BCUT2D eigenvalue weighted by Crippen LogP contribution is 2.53. The summed E-state index contributed by atoms with van der Waals surface area (Å²) in [6, 6.07) is 8.39. The minimum absolute atomic E-state index is 0.00849. The van der Waals surface area contributed by atoms with Crippen molar-refractivity contribution in [3.05, 3.63) is 70.0 Å². The van der Waals surface area contributed by atoms with Gasteiger partial charge in [-0.15, -0.1) is 0 Å². The number of carbonyl (C=O) groups is 4. The predicted octanol–water partition coefficient (Wildman–Crippen LogP) is 1.42. The summed E-state index contributed by atoms with van der Waals surface area (Å²) in [5.74, 6) is -7.54. The molecule has 40 heavy (non-hydrogen) atoms. The Bertz CT molecular complexity index is 1550. The van der Waals surface area contributed by atoms with Crippen molar-refractivity contribution in [1.29, 1.82) is 0 Å². The van der Waals surface area contributed by atoms with E-state index in [0.29, 0.717) is 22.3 Å². The molecule has 1 amide bonds. The number of esters is 1. The number of methoxy groups -OCH3 is 1. The molecule has 2 aromatic carbocycles. The van der Waals surface area contributed by atoms with Crippen LogP contribution in [0.4, 0.5) is 0 Å². The number of phenols is 1. The average molecular weight is 549 g/mol. The molecule has 0 aliphatic heterocycles. The molecular weight excluding hydrogens is 520 g/mol. The molecule has 0 spiro atoms. The Balaban J connectivity index is 1.69. The second-order valence-corrected chi connectivity index (χ2v) is 10.5. The summed E-state index contributed by atoms with van der Waals surface area (Å²) in [6.07, 6.45) is 0.138. The Labute approximate surface area is 228 Å². The van der Waals surface area contributed by atoms with E-state index in [-0.39, 0.29) is 29.7 Å². The molecule has 11 nitrogen and oxygen atoms in total. The summed E-state index contributed by atoms with van der Waals surface area (Å²) in [6.45, 7) is 0. The monoisotopic (exact) mass is 548 g/mol. The number of Topliss-reactive ketones (excluding diaryl/α,β-unsaturated/α-hetero) is 2. The van der Waals surface area contributed by atoms with Crippen molar-refractivity contribution in [2.24, 2.45) is 17.6 Å². The van der Waals surface area contributed by atoms with E-state index in [2.05, 4.69) is 0 Å². The summed E-state index contributed by atoms with van der Waals surface area (Å²) in [4.78, 5) is 52.5. The fourth-order valence-electron chi connectivity index (χ4n) is 6.42. The number of aliphatic hydroxyl groups excluding tert-OH is 2. The first kappa shape index (κ1) is 27.1. The normalized spacial score (nSPS) is 25.9. The van der Waals surface area contributed by atoms with Gasteiger partial charge in [-0.1, -0.05) is 18.2 Å². The molecule has 208 valence electrons. The lowest BCUT2D eigenvalue weighted by atomic mass is 9.57. The van der Waals surface area contributed by atoms with Gasteiger partial charge in [0.1, 0.15) is 22.8 Å². The van der Waals surface area contributed by atoms with Gasteiger partial charge in [0.05, 0.1) is 24.3 Å². The zero-order chi connectivity index (χ0) is 29.3. The van der Waals surface area contributed by atoms with Crippen LogP contribution in [-0.4, -0.2) is 81.6 Å². The zero-order valence-corrected chi connectivity index (χ0v) is 22.0. The highest BCUT2D eigenvalue weighted by Gasteiger charge is 2.64. The lowest BCUT2D eigenvalue weighted by Gasteiger charge is -2.50. The first-order valence-corrected chi connectivity index (χ1v) is 12.5. The minimum Gasteiger partial charge on any atom is -0.508 e. The molecule has 4 atom stereocenters. The van der Waals surface area contributed by atoms with Crippen molar-refractivity contribution in [2.45, 2.75) is 24.5 Å². The number of fused-ring (bicyclic) bond motifs is 3. The molecule has 6 N–H and O–H groups in total. The third-order valence-corrected chi connectivity index (χ3v) is 8.22. The number of aromatic hydroxyl groups is 1. The molecule has 0 radical (unpaired) electrons. The number of benzene rings is 2. The first-order valence-electron chi connectivity index (χ1n) is 12.5. The maximum Gasteiger partial charge on any atom is 0.337 e. The van der Waals surface area contributed by atoms with E-state index in [1.165, 1.54) is 18.1 Å². The molecule has 0 aromatic heterocycles. The van der Waals surface area contributed by atoms with E-state index in [4.69, 9.17) is 10.5 Å². The van der Waals surface area contributed by atoms with Crippen LogP contribution in [0.25, 0.3) is 16.9 Å². The van der Waals surface area contributed by atoms with E-state index in [1.54, 1.807) is 44.4 Å². The summed E-state index contributed by atoms with van der Waals surface area (Å²) >= 11 is 0. The molecule has 1 fully saturated rings. The highest BCUT2D eigenvalue weighted by atomic mass is 16.5. The second kappa shape index (κ2) is 9.32. The van der Waals surface area contributed by atoms with Crippen molar-refractivity contribution in [2.75, 3.05) is 21.2 Å². The van der Waals surface area contributed by atoms with Crippen LogP contribution in [0.3, 0.4) is 0 Å². The number of hydrogen-bond acceptors (Lipinski definition) is 10. The van der Waals surface area contributed by atoms with E-state index >= 15 is 0 Å². The van der Waals surface area contributed by atoms with Gasteiger partial charge < -0.3 is 30.9 Å². The molecule has 5 rings (SSSR count). The molecule has 0 unspecified atom stereocenters. The van der Waals surface area contributed by atoms with Gasteiger partial charge in [0.15, 0.2) is 11.4 Å². The van der Waals surface area contributed by atoms with Crippen LogP contribution in [0.15, 0.2) is 53.3 Å². The molecule has 1 saturated carbocycles. The number of hydrogen-bond donors (Lipinski definition) is 5. The van der Waals surface area contributed by atoms with Gasteiger partial charge in [0.2, 0.25) is 5.78 Å². The van der Waals surface area contributed by atoms with Crippen LogP contribution in [-0.2, 0) is 25.5 Å². The van der Waals surface area contributed by atoms with Crippen molar-refractivity contribution >= 4 is 29.2 Å². The molecule has 0 bridgehead atoms. The van der Waals surface area contributed by atoms with Gasteiger partial charge in [-0.2, -0.15) is 0 Å². The van der Waals surface area contributed by atoms with Crippen molar-refractivity contribution in [3.63, 3.8) is 0 Å². The Morgan fingerprint density at radius 3 is 2.27 bits per heavy atom. The molecule has 3 aliphatic carbocycles. The van der Waals surface area contributed by atoms with E-state index < -0.39 is 64.0 Å². The fourth-order valence-corrected chi connectivity index (χ4v) is 6.42. The summed E-state index contributed by atoms with van der Waals surface area (Å²) < 4.78 is 4.75. The number of likely N-dealkylation sites (N-methyl/N-ethyl adjacent to an activating group) is 1. The zero-order valence-electron chi connectivity index (χ0n) is 22.0. The van der Waals surface area contributed by atoms with Gasteiger partial charge in [0, 0.05) is 11.5 Å². The molecule has 0 heterocycles. The average Bonchev–Trinajstić information content (AvgIpc) is 2.90. The lowest BCUT2D eigenvalue weighted by molar-refractivity contribution is -0.153. The van der Waals surface area contributed by atoms with Crippen molar-refractivity contribution in [3.8, 4) is 16.9 Å². The first-order chi connectivity index (χ1) is 18.8. The number of aliphatic hydroxyl groups is 3. The lowest BCUT2D eigenvalue weighted by Crippen LogP contribution is -2.65. The van der Waals surface area contributed by atoms with E-state index in [1.807, 2.05) is 0 Å². The Hall–Kier alpha value is -4.48. The van der Waals surface area contributed by atoms with Gasteiger partial charge in [-0.25, -0.2) is 4.79 Å². The molecule has 2 aromatic rings. The smallest absolute Gasteiger partial charge is 0.337 e. The van der Waals surface area contributed by atoms with Gasteiger partial charge in [-0.05, 0) is 67.7 Å². The van der Waals surface area contributed by atoms with Crippen LogP contribution < -0.4 is 5.73 Å². The largest absolute Gasteiger partial charge is 0.508 e. The summed E-state index contributed by atoms with van der Waals surface area (Å²) in [5, 5.41) is 44.7. The van der Waals surface area contributed by atoms with Crippen LogP contribution in [0.5, 0.6) is 5.75 Å². The number of ether oxygens (including phenoxy) is 1. The maximum atomic E-state index is 13.9. The van der Waals surface area contributed by atoms with E-state index in [0.717, 1.165) is 0 Å². The summed E-state index contributed by atoms with van der Waals surface area (Å²) in [5.41, 5.74) is 3.72. The number of ketones is 2. The Morgan fingerprint density at radius 2 is 1.70 bits per heavy atom. The number of nitrogens with zero attached hydrogens (tertiary/aromatic N) is 1. The molecular formula is C29H28N2O9. The van der Waals surface area contributed by atoms with Crippen molar-refractivity contribution < 1.29 is 44.3 Å². The molecule has 11 heteroatoms. The van der Waals surface area contributed by atoms with Gasteiger partial charge in [-0.3, -0.25) is 19.3 Å². The fraction of sp³-hybridized carbons (Fsp3) is 0.310. The number of phenolic OH excluding ortho intramolecular Hbond substituents is 1. The molecule has 3 aliphatic rings. The van der Waals surface area contributed by atoms with Crippen LogP contribution >= 0.6 is 0 Å². The Kier molecular flexibility index (Phi) is 6.31. The predicted molar refractivity (Wildman–Crippen MR) is 141 cm³/mol. The highest BCUT2D eigenvalue weighted by molar-refractivity contribution is 6.24. The van der Waals surface area contributed by atoms with Crippen LogP contribution in [0, 0.1) is 11.8 Å². The number of carbonyl (C=O) groups excluding carboxylic acids is 4. The van der Waals surface area contributed by atoms with Gasteiger partial charge >= 0.3 is 5.97 Å². The third-order valence-electron chi connectivity index (χ3n) is 8.22. The SMILES string of the molecule is COC(=O)c1ccc(-c2ccc(O)c3c2C[C@H]2C[C@H]4[C@H](N(C)C)C(=O)C(C(N)=O)=C(O)[C@@]4(O)C(=O)C2=C3O)cc1. The maximum absolute atomic E-state index is 13.9. The number of rotatable bonds is 4. The quantitative estimate of drug-likeness (QED) is 0.276. The third kappa shape index (κ3) is 3.65. The molecule has 0 saturated heterocycles. The standard InChI is InChI=1S/C29H28N2O9/c1-31(2)22-17-11-14-10-16-15(12-4-6-13(7-5-12)28(38)40-3)8-9-18(32)20(16)23(33)19(14)25(35)29(17,39)26(36)21(24(22)34)27(30)37/h4-9,14,17,22,32-33,36,39H,10-11H2,1-3H3,(H2,30,37)/t14-,17-,22-,29-/m0/s1. The summed E-state index contributed by atoms with van der Waals surface area (Å²) in [7, 11) is 4.36. The number of primary amides is 1. The van der Waals surface area contributed by atoms with Crippen LogP contribution in [0.1, 0.15) is 27.9 Å².